The first-order valence-corrected chi connectivity index (χ1v) is 5.68. The third kappa shape index (κ3) is 5.17. The molecule has 3 N–H and O–H groups in total. The van der Waals surface area contributed by atoms with Crippen LogP contribution in [0.1, 0.15) is 54.4 Å². The van der Waals surface area contributed by atoms with Crippen molar-refractivity contribution in [3.05, 3.63) is 0 Å². The van der Waals surface area contributed by atoms with Gasteiger partial charge in [0.2, 0.25) is 5.91 Å². The minimum Gasteiger partial charge on any atom is -0.350 e. The third-order valence-electron chi connectivity index (χ3n) is 2.55. The Kier molecular flexibility index (Phi) is 4.78. The second kappa shape index (κ2) is 4.97. The number of carbonyl (C=O) groups excluding carboxylic acids is 1. The van der Waals surface area contributed by atoms with Gasteiger partial charge in [0.1, 0.15) is 0 Å². The SMILES string of the molecule is CCCC(C)(C)NC(=O)[C@@H](N)C(C)(C)C. The maximum atomic E-state index is 11.8. The van der Waals surface area contributed by atoms with Crippen LogP contribution in [0.15, 0.2) is 0 Å². The second-order valence-corrected chi connectivity index (χ2v) is 5.97. The molecule has 3 heteroatoms. The number of rotatable bonds is 4. The van der Waals surface area contributed by atoms with Crippen LogP contribution < -0.4 is 11.1 Å². The Bertz CT molecular complexity index is 216. The Labute approximate surface area is 93.8 Å². The third-order valence-corrected chi connectivity index (χ3v) is 2.55. The van der Waals surface area contributed by atoms with Crippen LogP contribution in [0.2, 0.25) is 0 Å². The summed E-state index contributed by atoms with van der Waals surface area (Å²) in [6.45, 7) is 12.1. The fourth-order valence-electron chi connectivity index (χ4n) is 1.49. The summed E-state index contributed by atoms with van der Waals surface area (Å²) in [6, 6.07) is -0.450. The molecular formula is C12H26N2O. The molecule has 0 saturated heterocycles. The number of nitrogens with one attached hydrogen (secondary N) is 1. The molecule has 0 aliphatic rings. The van der Waals surface area contributed by atoms with Crippen molar-refractivity contribution in [1.82, 2.24) is 5.32 Å². The summed E-state index contributed by atoms with van der Waals surface area (Å²) in [7, 11) is 0. The van der Waals surface area contributed by atoms with E-state index in [-0.39, 0.29) is 16.9 Å². The molecule has 3 nitrogen and oxygen atoms in total. The van der Waals surface area contributed by atoms with Crippen LogP contribution >= 0.6 is 0 Å². The van der Waals surface area contributed by atoms with Gasteiger partial charge in [-0.25, -0.2) is 0 Å². The van der Waals surface area contributed by atoms with Crippen LogP contribution in [0.25, 0.3) is 0 Å². The normalized spacial score (nSPS) is 14.9. The molecule has 0 saturated carbocycles. The van der Waals surface area contributed by atoms with Gasteiger partial charge in [0.25, 0.3) is 0 Å². The van der Waals surface area contributed by atoms with Crippen molar-refractivity contribution in [2.75, 3.05) is 0 Å². The van der Waals surface area contributed by atoms with Crippen molar-refractivity contribution in [2.45, 2.75) is 66.0 Å². The van der Waals surface area contributed by atoms with Crippen LogP contribution in [0.4, 0.5) is 0 Å². The molecule has 0 aromatic carbocycles. The molecular weight excluding hydrogens is 188 g/mol. The summed E-state index contributed by atoms with van der Waals surface area (Å²) in [4.78, 5) is 11.8. The Morgan fingerprint density at radius 3 is 2.07 bits per heavy atom. The lowest BCUT2D eigenvalue weighted by Crippen LogP contribution is -2.54. The van der Waals surface area contributed by atoms with Crippen molar-refractivity contribution in [2.24, 2.45) is 11.1 Å². The summed E-state index contributed by atoms with van der Waals surface area (Å²) < 4.78 is 0. The zero-order chi connectivity index (χ0) is 12.3. The first-order chi connectivity index (χ1) is 6.60. The van der Waals surface area contributed by atoms with Crippen LogP contribution in [0.5, 0.6) is 0 Å². The Balaban J connectivity index is 4.37. The highest BCUT2D eigenvalue weighted by atomic mass is 16.2. The molecule has 0 spiro atoms. The summed E-state index contributed by atoms with van der Waals surface area (Å²) in [5.41, 5.74) is 5.54. The van der Waals surface area contributed by atoms with Crippen LogP contribution in [-0.4, -0.2) is 17.5 Å². The largest absolute Gasteiger partial charge is 0.350 e. The molecule has 0 fully saturated rings. The summed E-state index contributed by atoms with van der Waals surface area (Å²) in [5.74, 6) is -0.0547. The lowest BCUT2D eigenvalue weighted by Gasteiger charge is -2.32. The van der Waals surface area contributed by atoms with Gasteiger partial charge >= 0.3 is 0 Å². The second-order valence-electron chi connectivity index (χ2n) is 5.97. The van der Waals surface area contributed by atoms with Gasteiger partial charge in [-0.2, -0.15) is 0 Å². The summed E-state index contributed by atoms with van der Waals surface area (Å²) in [6.07, 6.45) is 2.02. The van der Waals surface area contributed by atoms with Gasteiger partial charge < -0.3 is 11.1 Å². The van der Waals surface area contributed by atoms with E-state index in [9.17, 15) is 4.79 Å². The van der Waals surface area contributed by atoms with Gasteiger partial charge in [-0.1, -0.05) is 34.1 Å². The van der Waals surface area contributed by atoms with E-state index < -0.39 is 6.04 Å². The van der Waals surface area contributed by atoms with Gasteiger partial charge in [-0.3, -0.25) is 4.79 Å². The maximum Gasteiger partial charge on any atom is 0.237 e. The van der Waals surface area contributed by atoms with E-state index in [1.165, 1.54) is 0 Å². The van der Waals surface area contributed by atoms with E-state index >= 15 is 0 Å². The molecule has 0 heterocycles. The average Bonchev–Trinajstić information content (AvgIpc) is 1.99. The maximum absolute atomic E-state index is 11.8. The highest BCUT2D eigenvalue weighted by Gasteiger charge is 2.30. The predicted molar refractivity (Wildman–Crippen MR) is 64.6 cm³/mol. The molecule has 0 unspecified atom stereocenters. The van der Waals surface area contributed by atoms with Crippen molar-refractivity contribution < 1.29 is 4.79 Å². The quantitative estimate of drug-likeness (QED) is 0.752. The number of hydrogen-bond acceptors (Lipinski definition) is 2. The standard InChI is InChI=1S/C12H26N2O/c1-7-8-12(5,6)14-10(15)9(13)11(2,3)4/h9H,7-8,13H2,1-6H3,(H,14,15)/t9-/m1/s1. The highest BCUT2D eigenvalue weighted by molar-refractivity contribution is 5.82. The predicted octanol–water partition coefficient (Wildman–Crippen LogP) is 2.05. The minimum atomic E-state index is -0.450. The topological polar surface area (TPSA) is 55.1 Å². The Hall–Kier alpha value is -0.570. The van der Waals surface area contributed by atoms with Crippen LogP contribution in [0.3, 0.4) is 0 Å². The van der Waals surface area contributed by atoms with Crippen molar-refractivity contribution in [3.8, 4) is 0 Å². The number of carbonyl (C=O) groups is 1. The molecule has 0 aliphatic carbocycles. The molecule has 0 aromatic heterocycles. The molecule has 1 atom stereocenters. The number of nitrogens with two attached hydrogens (primary N) is 1. The van der Waals surface area contributed by atoms with Gasteiger partial charge in [0, 0.05) is 5.54 Å². The first kappa shape index (κ1) is 14.4. The highest BCUT2D eigenvalue weighted by Crippen LogP contribution is 2.19. The van der Waals surface area contributed by atoms with Crippen LogP contribution in [-0.2, 0) is 4.79 Å². The monoisotopic (exact) mass is 214 g/mol. The minimum absolute atomic E-state index is 0.0547. The average molecular weight is 214 g/mol. The smallest absolute Gasteiger partial charge is 0.237 e. The Morgan fingerprint density at radius 2 is 1.73 bits per heavy atom. The van der Waals surface area contributed by atoms with Gasteiger partial charge in [0.15, 0.2) is 0 Å². The zero-order valence-corrected chi connectivity index (χ0v) is 11.0. The van der Waals surface area contributed by atoms with E-state index in [1.807, 2.05) is 34.6 Å². The Morgan fingerprint density at radius 1 is 1.27 bits per heavy atom. The lowest BCUT2D eigenvalue weighted by molar-refractivity contribution is -0.126. The zero-order valence-electron chi connectivity index (χ0n) is 11.0. The molecule has 15 heavy (non-hydrogen) atoms. The number of amides is 1. The van der Waals surface area contributed by atoms with E-state index in [0.29, 0.717) is 0 Å². The van der Waals surface area contributed by atoms with E-state index in [0.717, 1.165) is 12.8 Å². The molecule has 90 valence electrons. The van der Waals surface area contributed by atoms with Crippen LogP contribution in [0, 0.1) is 5.41 Å². The fourth-order valence-corrected chi connectivity index (χ4v) is 1.49. The first-order valence-electron chi connectivity index (χ1n) is 5.68. The fraction of sp³-hybridized carbons (Fsp3) is 0.917. The van der Waals surface area contributed by atoms with Gasteiger partial charge in [-0.05, 0) is 25.7 Å². The van der Waals surface area contributed by atoms with Crippen molar-refractivity contribution >= 4 is 5.91 Å². The van der Waals surface area contributed by atoms with Gasteiger partial charge in [0.05, 0.1) is 6.04 Å². The molecule has 0 bridgehead atoms. The van der Waals surface area contributed by atoms with Crippen molar-refractivity contribution in [1.29, 1.82) is 0 Å². The molecule has 0 rings (SSSR count). The lowest BCUT2D eigenvalue weighted by atomic mass is 9.86. The van der Waals surface area contributed by atoms with Crippen molar-refractivity contribution in [3.63, 3.8) is 0 Å². The van der Waals surface area contributed by atoms with E-state index in [1.54, 1.807) is 0 Å². The van der Waals surface area contributed by atoms with Gasteiger partial charge in [-0.15, -0.1) is 0 Å². The molecule has 0 radical (unpaired) electrons. The molecule has 0 aromatic rings. The number of hydrogen-bond donors (Lipinski definition) is 2. The summed E-state index contributed by atoms with van der Waals surface area (Å²) in [5, 5.41) is 3.00. The molecule has 0 aliphatic heterocycles. The molecule has 1 amide bonds. The van der Waals surface area contributed by atoms with E-state index in [2.05, 4.69) is 12.2 Å². The van der Waals surface area contributed by atoms with E-state index in [4.69, 9.17) is 5.73 Å². The summed E-state index contributed by atoms with van der Waals surface area (Å²) >= 11 is 0.